The van der Waals surface area contributed by atoms with Gasteiger partial charge in [0, 0.05) is 0 Å². The molecule has 0 unspecified atom stereocenters. The summed E-state index contributed by atoms with van der Waals surface area (Å²) < 4.78 is 0. The molecule has 0 aromatic carbocycles. The van der Waals surface area contributed by atoms with Crippen LogP contribution in [0.3, 0.4) is 0 Å². The Labute approximate surface area is 95.8 Å². The third-order valence-corrected chi connectivity index (χ3v) is 2.80. The van der Waals surface area contributed by atoms with Crippen molar-refractivity contribution in [1.82, 2.24) is 4.98 Å². The maximum atomic E-state index is 8.82. The second kappa shape index (κ2) is 4.51. The minimum absolute atomic E-state index is 0.0208. The fraction of sp³-hybridized carbons (Fsp3) is 0.286. The predicted octanol–water partition coefficient (Wildman–Crippen LogP) is 1.62. The van der Waals surface area contributed by atoms with Crippen molar-refractivity contribution in [2.24, 2.45) is 5.73 Å². The highest BCUT2D eigenvalue weighted by molar-refractivity contribution is 6.45. The van der Waals surface area contributed by atoms with E-state index >= 15 is 0 Å². The maximum Gasteiger partial charge on any atom is 0.150 e. The highest BCUT2D eigenvalue weighted by Crippen LogP contribution is 2.35. The number of aliphatic hydroxyl groups excluding tert-OH is 1. The average molecular weight is 257 g/mol. The molecule has 0 amide bonds. The molecule has 1 heterocycles. The van der Waals surface area contributed by atoms with Gasteiger partial charge in [-0.25, -0.2) is 4.98 Å². The summed E-state index contributed by atoms with van der Waals surface area (Å²) >= 11 is 17.2. The van der Waals surface area contributed by atoms with Gasteiger partial charge in [0.15, 0.2) is 0 Å². The van der Waals surface area contributed by atoms with Crippen LogP contribution in [0.4, 0.5) is 5.69 Å². The van der Waals surface area contributed by atoms with Crippen LogP contribution in [0.1, 0.15) is 11.7 Å². The molecule has 0 spiro atoms. The number of rotatable bonds is 2. The summed E-state index contributed by atoms with van der Waals surface area (Å²) in [5.74, 6) is 0. The Morgan fingerprint density at radius 1 is 1.29 bits per heavy atom. The Morgan fingerprint density at radius 2 is 1.86 bits per heavy atom. The predicted molar refractivity (Wildman–Crippen MR) is 57.7 cm³/mol. The lowest BCUT2D eigenvalue weighted by Crippen LogP contribution is -2.17. The first-order valence-electron chi connectivity index (χ1n) is 3.65. The fourth-order valence-corrected chi connectivity index (χ4v) is 1.54. The van der Waals surface area contributed by atoms with Gasteiger partial charge in [0.05, 0.1) is 29.1 Å². The van der Waals surface area contributed by atoms with Crippen LogP contribution in [-0.2, 0) is 0 Å². The van der Waals surface area contributed by atoms with Gasteiger partial charge in [0.2, 0.25) is 0 Å². The molecule has 0 radical (unpaired) electrons. The van der Waals surface area contributed by atoms with E-state index < -0.39 is 6.04 Å². The van der Waals surface area contributed by atoms with Crippen LogP contribution in [0, 0.1) is 0 Å². The number of hydrogen-bond acceptors (Lipinski definition) is 4. The molecule has 1 aromatic heterocycles. The molecular formula is C7H8Cl3N3O. The number of nitrogens with two attached hydrogens (primary N) is 2. The minimum Gasteiger partial charge on any atom is -0.396 e. The number of halogens is 3. The van der Waals surface area contributed by atoms with Crippen molar-refractivity contribution in [3.8, 4) is 0 Å². The topological polar surface area (TPSA) is 85.2 Å². The summed E-state index contributed by atoms with van der Waals surface area (Å²) in [5.41, 5.74) is 11.4. The SMILES string of the molecule is Nc1c(Cl)c(Cl)nc([C@@H](N)CO)c1Cl. The summed E-state index contributed by atoms with van der Waals surface area (Å²) in [6.07, 6.45) is 0. The number of pyridine rings is 1. The Hall–Kier alpha value is -0.260. The smallest absolute Gasteiger partial charge is 0.150 e. The van der Waals surface area contributed by atoms with Gasteiger partial charge in [0.1, 0.15) is 10.2 Å². The lowest BCUT2D eigenvalue weighted by atomic mass is 10.2. The number of aromatic nitrogens is 1. The van der Waals surface area contributed by atoms with E-state index in [9.17, 15) is 0 Å². The molecule has 0 aliphatic heterocycles. The Balaban J connectivity index is 3.33. The van der Waals surface area contributed by atoms with Crippen LogP contribution in [-0.4, -0.2) is 16.7 Å². The molecule has 5 N–H and O–H groups in total. The Bertz CT molecular complexity index is 359. The standard InChI is InChI=1S/C7H8Cl3N3O/c8-3-5(12)4(9)7(10)13-6(3)2(11)1-14/h2,14H,1,11H2,(H2,12,13)/t2-/m0/s1. The van der Waals surface area contributed by atoms with Gasteiger partial charge in [0.25, 0.3) is 0 Å². The average Bonchev–Trinajstić information content (AvgIpc) is 2.19. The van der Waals surface area contributed by atoms with E-state index in [0.717, 1.165) is 0 Å². The van der Waals surface area contributed by atoms with Crippen LogP contribution < -0.4 is 11.5 Å². The molecule has 14 heavy (non-hydrogen) atoms. The number of nitrogen functional groups attached to an aromatic ring is 1. The van der Waals surface area contributed by atoms with Crippen LogP contribution >= 0.6 is 34.8 Å². The van der Waals surface area contributed by atoms with Gasteiger partial charge in [-0.1, -0.05) is 34.8 Å². The molecule has 0 fully saturated rings. The van der Waals surface area contributed by atoms with Crippen molar-refractivity contribution in [3.63, 3.8) is 0 Å². The zero-order chi connectivity index (χ0) is 10.9. The van der Waals surface area contributed by atoms with Crippen molar-refractivity contribution in [2.75, 3.05) is 12.3 Å². The largest absolute Gasteiger partial charge is 0.396 e. The first-order chi connectivity index (χ1) is 6.49. The Morgan fingerprint density at radius 3 is 2.36 bits per heavy atom. The number of nitrogens with zero attached hydrogens (tertiary/aromatic N) is 1. The molecule has 0 bridgehead atoms. The first kappa shape index (κ1) is 11.8. The molecule has 0 saturated heterocycles. The highest BCUT2D eigenvalue weighted by atomic mass is 35.5. The van der Waals surface area contributed by atoms with Gasteiger partial charge < -0.3 is 16.6 Å². The van der Waals surface area contributed by atoms with Gasteiger partial charge in [-0.3, -0.25) is 0 Å². The van der Waals surface area contributed by atoms with Gasteiger partial charge in [-0.2, -0.15) is 0 Å². The maximum absolute atomic E-state index is 8.82. The second-order valence-corrected chi connectivity index (χ2v) is 3.73. The van der Waals surface area contributed by atoms with Crippen molar-refractivity contribution in [1.29, 1.82) is 0 Å². The monoisotopic (exact) mass is 255 g/mol. The Kier molecular flexibility index (Phi) is 3.80. The normalized spacial score (nSPS) is 12.9. The van der Waals surface area contributed by atoms with E-state index in [1.807, 2.05) is 0 Å². The quantitative estimate of drug-likeness (QED) is 0.702. The van der Waals surface area contributed by atoms with Crippen LogP contribution in [0.15, 0.2) is 0 Å². The number of aliphatic hydroxyl groups is 1. The van der Waals surface area contributed by atoms with Crippen LogP contribution in [0.25, 0.3) is 0 Å². The number of hydrogen-bond donors (Lipinski definition) is 3. The molecule has 78 valence electrons. The van der Waals surface area contributed by atoms with E-state index in [4.69, 9.17) is 51.4 Å². The van der Waals surface area contributed by atoms with Crippen LogP contribution in [0.5, 0.6) is 0 Å². The third-order valence-electron chi connectivity index (χ3n) is 1.65. The summed E-state index contributed by atoms with van der Waals surface area (Å²) in [7, 11) is 0. The summed E-state index contributed by atoms with van der Waals surface area (Å²) in [5, 5.41) is 9.06. The number of anilines is 1. The first-order valence-corrected chi connectivity index (χ1v) is 4.78. The molecule has 1 atom stereocenters. The van der Waals surface area contributed by atoms with E-state index in [1.165, 1.54) is 0 Å². The van der Waals surface area contributed by atoms with Crippen LogP contribution in [0.2, 0.25) is 15.2 Å². The molecule has 1 aromatic rings. The molecular weight excluding hydrogens is 248 g/mol. The van der Waals surface area contributed by atoms with Crippen molar-refractivity contribution in [2.45, 2.75) is 6.04 Å². The van der Waals surface area contributed by atoms with Gasteiger partial charge in [-0.15, -0.1) is 0 Å². The molecule has 4 nitrogen and oxygen atoms in total. The zero-order valence-electron chi connectivity index (χ0n) is 6.97. The lowest BCUT2D eigenvalue weighted by Gasteiger charge is -2.12. The van der Waals surface area contributed by atoms with Gasteiger partial charge >= 0.3 is 0 Å². The van der Waals surface area contributed by atoms with Crippen molar-refractivity contribution >= 4 is 40.5 Å². The summed E-state index contributed by atoms with van der Waals surface area (Å²) in [6.45, 7) is -0.301. The molecule has 0 aliphatic carbocycles. The fourth-order valence-electron chi connectivity index (χ4n) is 0.882. The molecule has 7 heteroatoms. The summed E-state index contributed by atoms with van der Waals surface area (Å²) in [6, 6.07) is -0.723. The molecule has 1 rings (SSSR count). The molecule has 0 saturated carbocycles. The third kappa shape index (κ3) is 2.04. The minimum atomic E-state index is -0.723. The van der Waals surface area contributed by atoms with Crippen molar-refractivity contribution in [3.05, 3.63) is 20.9 Å². The van der Waals surface area contributed by atoms with Crippen molar-refractivity contribution < 1.29 is 5.11 Å². The van der Waals surface area contributed by atoms with E-state index in [-0.39, 0.29) is 33.2 Å². The molecule has 0 aliphatic rings. The highest BCUT2D eigenvalue weighted by Gasteiger charge is 2.18. The van der Waals surface area contributed by atoms with E-state index in [2.05, 4.69) is 4.98 Å². The summed E-state index contributed by atoms with van der Waals surface area (Å²) in [4.78, 5) is 3.84. The van der Waals surface area contributed by atoms with Gasteiger partial charge in [-0.05, 0) is 0 Å². The van der Waals surface area contributed by atoms with E-state index in [0.29, 0.717) is 0 Å². The lowest BCUT2D eigenvalue weighted by molar-refractivity contribution is 0.266. The second-order valence-electron chi connectivity index (χ2n) is 2.62. The zero-order valence-corrected chi connectivity index (χ0v) is 9.24. The van der Waals surface area contributed by atoms with E-state index in [1.54, 1.807) is 0 Å².